The molecule has 1 aromatic rings. The van der Waals surface area contributed by atoms with Gasteiger partial charge in [0, 0.05) is 0 Å². The number of hydrogen-bond acceptors (Lipinski definition) is 0. The van der Waals surface area contributed by atoms with E-state index in [2.05, 4.69) is 75.8 Å². The number of unbranched alkanes of at least 4 members (excludes halogenated alkanes) is 2. The fourth-order valence-electron chi connectivity index (χ4n) is 4.52. The molecule has 29 heavy (non-hydrogen) atoms. The molecule has 162 valence electrons. The third-order valence-corrected chi connectivity index (χ3v) is 10.1. The van der Waals surface area contributed by atoms with E-state index in [-0.39, 0.29) is 37.2 Å². The quantitative estimate of drug-likeness (QED) is 0.268. The van der Waals surface area contributed by atoms with E-state index >= 15 is 0 Å². The molecule has 0 spiro atoms. The van der Waals surface area contributed by atoms with Gasteiger partial charge < -0.3 is 37.2 Å². The summed E-state index contributed by atoms with van der Waals surface area (Å²) in [6.07, 6.45) is 6.65. The molecule has 0 aliphatic heterocycles. The first-order valence-corrected chi connectivity index (χ1v) is 12.6. The first-order chi connectivity index (χ1) is 12.2. The second-order valence-corrected chi connectivity index (χ2v) is 11.3. The largest absolute Gasteiger partial charge is 1.00 e. The zero-order valence-corrected chi connectivity index (χ0v) is 24.7. The van der Waals surface area contributed by atoms with Gasteiger partial charge >= 0.3 is 177 Å². The molecule has 0 unspecified atom stereocenters. The smallest absolute Gasteiger partial charge is 1.00 e. The molecule has 0 radical (unpaired) electrons. The Kier molecular flexibility index (Phi) is 15.1. The van der Waals surface area contributed by atoms with Crippen molar-refractivity contribution in [3.8, 4) is 0 Å². The normalized spacial score (nSPS) is 13.9. The Hall–Kier alpha value is 0.501. The van der Waals surface area contributed by atoms with Crippen molar-refractivity contribution in [1.29, 1.82) is 0 Å². The van der Waals surface area contributed by atoms with Gasteiger partial charge in [0.05, 0.1) is 0 Å². The van der Waals surface area contributed by atoms with Gasteiger partial charge in [0.1, 0.15) is 0 Å². The van der Waals surface area contributed by atoms with Crippen molar-refractivity contribution in [3.63, 3.8) is 0 Å². The Morgan fingerprint density at radius 1 is 0.828 bits per heavy atom. The zero-order valence-electron chi connectivity index (χ0n) is 19.5. The van der Waals surface area contributed by atoms with Crippen molar-refractivity contribution in [3.05, 3.63) is 48.0 Å². The number of benzene rings is 1. The third kappa shape index (κ3) is 6.99. The summed E-state index contributed by atoms with van der Waals surface area (Å²) in [5.41, 5.74) is 11.2. The molecule has 1 aliphatic carbocycles. The maximum Gasteiger partial charge on any atom is -1.00 e. The van der Waals surface area contributed by atoms with Crippen molar-refractivity contribution in [2.75, 3.05) is 0 Å². The molecule has 0 N–H and O–H groups in total. The first-order valence-electron chi connectivity index (χ1n) is 10.4. The van der Waals surface area contributed by atoms with Crippen LogP contribution in [0.25, 0.3) is 0 Å². The van der Waals surface area contributed by atoms with Crippen LogP contribution < -0.4 is 42.4 Å². The molecule has 0 saturated heterocycles. The fraction of sp³-hybridized carbons (Fsp3) is 0.583. The first kappa shape index (κ1) is 31.7. The average molecular weight is 508 g/mol. The van der Waals surface area contributed by atoms with Crippen LogP contribution in [0, 0.1) is 40.5 Å². The van der Waals surface area contributed by atoms with Gasteiger partial charge in [-0.1, -0.05) is 0 Å². The maximum atomic E-state index is 2.41. The monoisotopic (exact) mass is 506 g/mol. The molecule has 5 heteroatoms. The van der Waals surface area contributed by atoms with Gasteiger partial charge in [-0.3, -0.25) is 0 Å². The molecule has 0 bridgehead atoms. The molecule has 0 amide bonds. The van der Waals surface area contributed by atoms with Gasteiger partial charge in [-0.25, -0.2) is 0 Å². The Balaban J connectivity index is 0. The van der Waals surface area contributed by atoms with E-state index in [1.54, 1.807) is 31.3 Å². The van der Waals surface area contributed by atoms with Crippen molar-refractivity contribution >= 4 is 14.7 Å². The second-order valence-electron chi connectivity index (χ2n) is 8.56. The van der Waals surface area contributed by atoms with Crippen LogP contribution >= 0.6 is 0 Å². The zero-order chi connectivity index (χ0) is 19.6. The molecular formula is C24H37Cl3SiTi. The standard InChI is InChI=1S/C24H37Si.3ClH.Ti/c1-9-10-11-12-21-13-22(15(2)3)23(14-21)25-24-19(7)17(5)16(4)18(6)20(24)8;;;;/h15H,9-12,14,25H2,1-8H3;3*1H;/q;;;;+3/p-3. The fourth-order valence-corrected chi connectivity index (χ4v) is 8.55. The molecule has 1 aliphatic rings. The van der Waals surface area contributed by atoms with Gasteiger partial charge in [0.15, 0.2) is 0 Å². The van der Waals surface area contributed by atoms with Crippen molar-refractivity contribution in [2.24, 2.45) is 5.92 Å². The maximum absolute atomic E-state index is 2.41. The molecule has 0 heterocycles. The molecule has 0 atom stereocenters. The number of hydrogen-bond donors (Lipinski definition) is 0. The number of allylic oxidation sites excluding steroid dienone is 4. The Bertz CT molecular complexity index is 735. The number of halogens is 3. The van der Waals surface area contributed by atoms with E-state index in [0.717, 1.165) is 0 Å². The molecule has 0 saturated carbocycles. The van der Waals surface area contributed by atoms with Gasteiger partial charge in [-0.2, -0.15) is 0 Å². The molecule has 1 aromatic carbocycles. The summed E-state index contributed by atoms with van der Waals surface area (Å²) >= 11 is 2.41. The minimum Gasteiger partial charge on any atom is -1.00 e. The van der Waals surface area contributed by atoms with Crippen LogP contribution in [0.5, 0.6) is 0 Å². The van der Waals surface area contributed by atoms with E-state index < -0.39 is 9.52 Å². The summed E-state index contributed by atoms with van der Waals surface area (Å²) in [4.78, 5) is 0. The molecule has 0 aromatic heterocycles. The average Bonchev–Trinajstić information content (AvgIpc) is 2.91. The number of rotatable bonds is 7. The molecule has 0 nitrogen and oxygen atoms in total. The SMILES string of the molecule is CCCCCC1=[C]([Ti+3])C(C(C)C)=C([SiH2]c2c(C)c(C)c(C)c(C)c2C)C1.[Cl-].[Cl-].[Cl-]. The van der Waals surface area contributed by atoms with Crippen LogP contribution in [0.15, 0.2) is 20.2 Å². The van der Waals surface area contributed by atoms with Crippen LogP contribution in [-0.2, 0) is 20.4 Å². The molecule has 2 rings (SSSR count). The summed E-state index contributed by atoms with van der Waals surface area (Å²) in [6, 6.07) is 0. The predicted molar refractivity (Wildman–Crippen MR) is 116 cm³/mol. The summed E-state index contributed by atoms with van der Waals surface area (Å²) in [6.45, 7) is 18.8. The summed E-state index contributed by atoms with van der Waals surface area (Å²) in [5, 5.41) is 3.55. The van der Waals surface area contributed by atoms with Crippen molar-refractivity contribution in [1.82, 2.24) is 0 Å². The summed E-state index contributed by atoms with van der Waals surface area (Å²) < 4.78 is 1.65. The summed E-state index contributed by atoms with van der Waals surface area (Å²) in [7, 11) is -0.396. The Labute approximate surface area is 212 Å². The molecule has 0 fully saturated rings. The van der Waals surface area contributed by atoms with E-state index in [1.165, 1.54) is 48.8 Å². The van der Waals surface area contributed by atoms with Gasteiger partial charge in [0.25, 0.3) is 0 Å². The van der Waals surface area contributed by atoms with Crippen LogP contribution in [0.3, 0.4) is 0 Å². The van der Waals surface area contributed by atoms with Gasteiger partial charge in [-0.15, -0.1) is 0 Å². The van der Waals surface area contributed by atoms with E-state index in [4.69, 9.17) is 0 Å². The van der Waals surface area contributed by atoms with Crippen LogP contribution in [0.2, 0.25) is 0 Å². The van der Waals surface area contributed by atoms with E-state index in [0.29, 0.717) is 5.92 Å². The van der Waals surface area contributed by atoms with Crippen molar-refractivity contribution in [2.45, 2.75) is 87.5 Å². The van der Waals surface area contributed by atoms with Gasteiger partial charge in [0.2, 0.25) is 0 Å². The van der Waals surface area contributed by atoms with E-state index in [9.17, 15) is 0 Å². The van der Waals surface area contributed by atoms with Crippen LogP contribution in [0.1, 0.15) is 80.7 Å². The Morgan fingerprint density at radius 3 is 1.76 bits per heavy atom. The van der Waals surface area contributed by atoms with E-state index in [1.807, 2.05) is 5.20 Å². The van der Waals surface area contributed by atoms with Gasteiger partial charge in [-0.05, 0) is 0 Å². The predicted octanol–water partition coefficient (Wildman–Crippen LogP) is -3.27. The Morgan fingerprint density at radius 2 is 1.31 bits per heavy atom. The minimum atomic E-state index is -0.396. The third-order valence-electron chi connectivity index (χ3n) is 6.64. The second kappa shape index (κ2) is 13.8. The minimum absolute atomic E-state index is 0. The molecular weight excluding hydrogens is 471 g/mol. The van der Waals surface area contributed by atoms with Crippen LogP contribution in [0.4, 0.5) is 0 Å². The van der Waals surface area contributed by atoms with Crippen molar-refractivity contribution < 1.29 is 57.7 Å². The summed E-state index contributed by atoms with van der Waals surface area (Å²) in [5.74, 6) is 0.662. The van der Waals surface area contributed by atoms with Crippen LogP contribution in [-0.4, -0.2) is 9.52 Å². The topological polar surface area (TPSA) is 0 Å².